The molecule has 0 saturated carbocycles. The molecule has 0 atom stereocenters. The number of hydrogen-bond donors (Lipinski definition) is 0. The highest BCUT2D eigenvalue weighted by atomic mass is 32.1. The molecule has 0 saturated heterocycles. The van der Waals surface area contributed by atoms with E-state index in [4.69, 9.17) is 14.0 Å². The van der Waals surface area contributed by atoms with Crippen molar-refractivity contribution >= 4 is 11.3 Å². The van der Waals surface area contributed by atoms with Crippen LogP contribution < -0.4 is 9.47 Å². The molecule has 0 aliphatic heterocycles. The van der Waals surface area contributed by atoms with Crippen molar-refractivity contribution in [3.8, 4) is 22.2 Å². The minimum atomic E-state index is 0.577. The number of benzene rings is 1. The van der Waals surface area contributed by atoms with Crippen LogP contribution in [0.3, 0.4) is 0 Å². The summed E-state index contributed by atoms with van der Waals surface area (Å²) in [5.74, 6) is 2.74. The summed E-state index contributed by atoms with van der Waals surface area (Å²) >= 11 is 1.60. The number of nitrogens with zero attached hydrogens (tertiary/aromatic N) is 3. The lowest BCUT2D eigenvalue weighted by atomic mass is 10.2. The van der Waals surface area contributed by atoms with Crippen molar-refractivity contribution in [2.75, 3.05) is 20.8 Å². The molecule has 0 aliphatic rings. The van der Waals surface area contributed by atoms with Gasteiger partial charge in [0.05, 0.1) is 25.1 Å². The Morgan fingerprint density at radius 2 is 2.08 bits per heavy atom. The topological polar surface area (TPSA) is 60.6 Å². The Morgan fingerprint density at radius 3 is 2.80 bits per heavy atom. The molecule has 25 heavy (non-hydrogen) atoms. The Morgan fingerprint density at radius 1 is 1.20 bits per heavy atom. The fraction of sp³-hybridized carbons (Fsp3) is 0.333. The quantitative estimate of drug-likeness (QED) is 0.609. The molecule has 0 radical (unpaired) electrons. The van der Waals surface area contributed by atoms with Crippen molar-refractivity contribution in [2.45, 2.75) is 20.0 Å². The van der Waals surface area contributed by atoms with Crippen LogP contribution in [-0.2, 0) is 13.1 Å². The van der Waals surface area contributed by atoms with Crippen molar-refractivity contribution in [3.63, 3.8) is 0 Å². The molecule has 6 nitrogen and oxygen atoms in total. The highest BCUT2D eigenvalue weighted by Gasteiger charge is 2.12. The second-order valence-electron chi connectivity index (χ2n) is 5.58. The molecule has 132 valence electrons. The van der Waals surface area contributed by atoms with E-state index >= 15 is 0 Å². The van der Waals surface area contributed by atoms with Crippen LogP contribution in [0.1, 0.15) is 18.4 Å². The molecular weight excluding hydrogens is 338 g/mol. The lowest BCUT2D eigenvalue weighted by Crippen LogP contribution is -2.17. The van der Waals surface area contributed by atoms with Crippen molar-refractivity contribution in [3.05, 3.63) is 47.2 Å². The van der Waals surface area contributed by atoms with Crippen LogP contribution in [0.4, 0.5) is 0 Å². The smallest absolute Gasteiger partial charge is 0.241 e. The van der Waals surface area contributed by atoms with Gasteiger partial charge in [-0.25, -0.2) is 0 Å². The predicted octanol–water partition coefficient (Wildman–Crippen LogP) is 3.84. The summed E-state index contributed by atoms with van der Waals surface area (Å²) in [4.78, 5) is 7.57. The maximum absolute atomic E-state index is 5.55. The molecule has 0 amide bonds. The van der Waals surface area contributed by atoms with Gasteiger partial charge in [-0.3, -0.25) is 4.90 Å². The first-order valence-electron chi connectivity index (χ1n) is 8.04. The molecule has 0 aliphatic carbocycles. The van der Waals surface area contributed by atoms with Gasteiger partial charge in [-0.2, -0.15) is 4.98 Å². The molecule has 2 aromatic heterocycles. The third-order valence-corrected chi connectivity index (χ3v) is 4.46. The fourth-order valence-corrected chi connectivity index (χ4v) is 3.16. The van der Waals surface area contributed by atoms with Gasteiger partial charge in [0, 0.05) is 6.54 Å². The molecule has 2 heterocycles. The Labute approximate surface area is 151 Å². The van der Waals surface area contributed by atoms with Gasteiger partial charge in [0.1, 0.15) is 0 Å². The molecule has 1 aromatic carbocycles. The number of methoxy groups -OCH3 is 1. The minimum absolute atomic E-state index is 0.577. The Kier molecular flexibility index (Phi) is 5.67. The number of aromatic nitrogens is 2. The molecule has 0 spiro atoms. The zero-order chi connectivity index (χ0) is 17.6. The Hall–Kier alpha value is -2.38. The zero-order valence-electron chi connectivity index (χ0n) is 14.6. The third-order valence-electron chi connectivity index (χ3n) is 3.60. The molecule has 3 rings (SSSR count). The van der Waals surface area contributed by atoms with E-state index in [1.54, 1.807) is 18.4 Å². The van der Waals surface area contributed by atoms with E-state index in [2.05, 4.69) is 15.0 Å². The van der Waals surface area contributed by atoms with Crippen molar-refractivity contribution < 1.29 is 14.0 Å². The van der Waals surface area contributed by atoms with Crippen LogP contribution >= 0.6 is 11.3 Å². The summed E-state index contributed by atoms with van der Waals surface area (Å²) in [6.45, 7) is 3.88. The van der Waals surface area contributed by atoms with E-state index in [0.29, 0.717) is 24.9 Å². The highest BCUT2D eigenvalue weighted by molar-refractivity contribution is 7.13. The van der Waals surface area contributed by atoms with E-state index in [-0.39, 0.29) is 0 Å². The molecule has 0 fully saturated rings. The summed E-state index contributed by atoms with van der Waals surface area (Å²) in [7, 11) is 3.66. The Bertz CT molecular complexity index is 802. The average Bonchev–Trinajstić information content (AvgIpc) is 3.27. The monoisotopic (exact) mass is 359 g/mol. The maximum Gasteiger partial charge on any atom is 0.241 e. The van der Waals surface area contributed by atoms with E-state index in [1.807, 2.05) is 49.7 Å². The fourth-order valence-electron chi connectivity index (χ4n) is 2.51. The van der Waals surface area contributed by atoms with E-state index in [0.717, 1.165) is 28.5 Å². The minimum Gasteiger partial charge on any atom is -0.493 e. The maximum atomic E-state index is 5.55. The number of rotatable bonds is 8. The van der Waals surface area contributed by atoms with Gasteiger partial charge < -0.3 is 14.0 Å². The first-order chi connectivity index (χ1) is 12.2. The standard InChI is InChI=1S/C18H21N3O3S/c1-4-23-14-8-7-13(10-15(14)22-3)11-21(2)12-17-19-18(20-24-17)16-6-5-9-25-16/h5-10H,4,11-12H2,1-3H3. The predicted molar refractivity (Wildman–Crippen MR) is 96.9 cm³/mol. The lowest BCUT2D eigenvalue weighted by molar-refractivity contribution is 0.260. The van der Waals surface area contributed by atoms with E-state index in [1.165, 1.54) is 0 Å². The summed E-state index contributed by atoms with van der Waals surface area (Å²) in [6.07, 6.45) is 0. The molecule has 0 unspecified atom stereocenters. The number of thiophene rings is 1. The number of ether oxygens (including phenoxy) is 2. The van der Waals surface area contributed by atoms with Crippen molar-refractivity contribution in [1.82, 2.24) is 15.0 Å². The van der Waals surface area contributed by atoms with Crippen LogP contribution in [0.2, 0.25) is 0 Å². The van der Waals surface area contributed by atoms with E-state index in [9.17, 15) is 0 Å². The molecular formula is C18H21N3O3S. The van der Waals surface area contributed by atoms with Gasteiger partial charge in [0.15, 0.2) is 11.5 Å². The second-order valence-corrected chi connectivity index (χ2v) is 6.53. The summed E-state index contributed by atoms with van der Waals surface area (Å²) in [5, 5.41) is 6.04. The lowest BCUT2D eigenvalue weighted by Gasteiger charge is -2.16. The van der Waals surface area contributed by atoms with Gasteiger partial charge in [0.2, 0.25) is 11.7 Å². The number of hydrogen-bond acceptors (Lipinski definition) is 7. The van der Waals surface area contributed by atoms with Crippen LogP contribution in [0.15, 0.2) is 40.2 Å². The van der Waals surface area contributed by atoms with Crippen molar-refractivity contribution in [2.24, 2.45) is 0 Å². The van der Waals surface area contributed by atoms with Gasteiger partial charge >= 0.3 is 0 Å². The van der Waals surface area contributed by atoms with Gasteiger partial charge in [0.25, 0.3) is 0 Å². The second kappa shape index (κ2) is 8.13. The molecule has 7 heteroatoms. The largest absolute Gasteiger partial charge is 0.493 e. The van der Waals surface area contributed by atoms with Crippen LogP contribution in [0, 0.1) is 0 Å². The van der Waals surface area contributed by atoms with Crippen molar-refractivity contribution in [1.29, 1.82) is 0 Å². The Balaban J connectivity index is 1.63. The van der Waals surface area contributed by atoms with Crippen LogP contribution in [0.5, 0.6) is 11.5 Å². The average molecular weight is 359 g/mol. The van der Waals surface area contributed by atoms with Crippen LogP contribution in [0.25, 0.3) is 10.7 Å². The zero-order valence-corrected chi connectivity index (χ0v) is 15.4. The van der Waals surface area contributed by atoms with E-state index < -0.39 is 0 Å². The van der Waals surface area contributed by atoms with Gasteiger partial charge in [-0.05, 0) is 43.1 Å². The van der Waals surface area contributed by atoms with Crippen LogP contribution in [-0.4, -0.2) is 35.8 Å². The SMILES string of the molecule is CCOc1ccc(CN(C)Cc2nc(-c3cccs3)no2)cc1OC. The molecule has 3 aromatic rings. The third kappa shape index (κ3) is 4.37. The normalized spacial score (nSPS) is 11.0. The first kappa shape index (κ1) is 17.4. The summed E-state index contributed by atoms with van der Waals surface area (Å²) in [6, 6.07) is 9.92. The molecule has 0 N–H and O–H groups in total. The summed E-state index contributed by atoms with van der Waals surface area (Å²) in [5.41, 5.74) is 1.13. The highest BCUT2D eigenvalue weighted by Crippen LogP contribution is 2.28. The van der Waals surface area contributed by atoms with Gasteiger partial charge in [-0.1, -0.05) is 17.3 Å². The first-order valence-corrected chi connectivity index (χ1v) is 8.92. The van der Waals surface area contributed by atoms with Gasteiger partial charge in [-0.15, -0.1) is 11.3 Å². The molecule has 0 bridgehead atoms. The summed E-state index contributed by atoms with van der Waals surface area (Å²) < 4.78 is 16.3.